The predicted molar refractivity (Wildman–Crippen MR) is 206 cm³/mol. The number of hydrogen-bond donors (Lipinski definition) is 1. The molecule has 11 nitrogen and oxygen atoms in total. The molecule has 0 radical (unpaired) electrons. The van der Waals surface area contributed by atoms with Crippen molar-refractivity contribution in [1.82, 2.24) is 0 Å². The molecule has 4 aromatic rings. The molecular formula is C39H45BrNO10P. The van der Waals surface area contributed by atoms with E-state index in [1.54, 1.807) is 42.3 Å². The highest BCUT2D eigenvalue weighted by molar-refractivity contribution is 9.10. The van der Waals surface area contributed by atoms with E-state index in [0.29, 0.717) is 34.4 Å². The van der Waals surface area contributed by atoms with E-state index in [9.17, 15) is 9.36 Å². The van der Waals surface area contributed by atoms with Gasteiger partial charge in [-0.25, -0.2) is 0 Å². The van der Waals surface area contributed by atoms with Crippen LogP contribution >= 0.6 is 23.5 Å². The number of ether oxygens (including phenoxy) is 6. The lowest BCUT2D eigenvalue weighted by Gasteiger charge is -2.28. The van der Waals surface area contributed by atoms with Gasteiger partial charge < -0.3 is 42.8 Å². The van der Waals surface area contributed by atoms with E-state index < -0.39 is 19.3 Å². The second-order valence-electron chi connectivity index (χ2n) is 11.1. The number of rotatable bonds is 20. The lowest BCUT2D eigenvalue weighted by Crippen LogP contribution is -2.16. The minimum absolute atomic E-state index is 0.0478. The fourth-order valence-corrected chi connectivity index (χ4v) is 7.44. The first kappa shape index (κ1) is 40.3. The summed E-state index contributed by atoms with van der Waals surface area (Å²) in [5.74, 6) is 1.54. The highest BCUT2D eigenvalue weighted by atomic mass is 79.9. The summed E-state index contributed by atoms with van der Waals surface area (Å²) in [5, 5.41) is 3.32. The fraction of sp³-hybridized carbons (Fsp3) is 0.308. The van der Waals surface area contributed by atoms with Crippen LogP contribution in [0.15, 0.2) is 83.3 Å². The van der Waals surface area contributed by atoms with E-state index in [1.165, 1.54) is 0 Å². The summed E-state index contributed by atoms with van der Waals surface area (Å²) in [5.41, 5.74) is 3.90. The van der Waals surface area contributed by atoms with Gasteiger partial charge in [0.2, 0.25) is 5.75 Å². The third-order valence-electron chi connectivity index (χ3n) is 7.67. The largest absolute Gasteiger partial charge is 0.493 e. The van der Waals surface area contributed by atoms with Gasteiger partial charge in [0.25, 0.3) is 0 Å². The summed E-state index contributed by atoms with van der Waals surface area (Å²) in [6, 6.07) is 24.0. The minimum Gasteiger partial charge on any atom is -0.493 e. The van der Waals surface area contributed by atoms with Gasteiger partial charge in [0, 0.05) is 10.2 Å². The second kappa shape index (κ2) is 19.9. The Morgan fingerprint density at radius 1 is 0.731 bits per heavy atom. The Morgan fingerprint density at radius 2 is 1.33 bits per heavy atom. The van der Waals surface area contributed by atoms with Crippen molar-refractivity contribution in [1.29, 1.82) is 0 Å². The molecule has 0 heterocycles. The average molecular weight is 799 g/mol. The molecule has 1 N–H and O–H groups in total. The number of carbonyl (C=O) groups is 1. The second-order valence-corrected chi connectivity index (χ2v) is 14.1. The molecular weight excluding hydrogens is 753 g/mol. The van der Waals surface area contributed by atoms with Crippen LogP contribution in [0.3, 0.4) is 0 Å². The normalized spacial score (nSPS) is 11.9. The van der Waals surface area contributed by atoms with Crippen molar-refractivity contribution in [3.05, 3.63) is 106 Å². The van der Waals surface area contributed by atoms with Crippen LogP contribution in [0.25, 0.3) is 12.2 Å². The summed E-state index contributed by atoms with van der Waals surface area (Å²) in [6.07, 6.45) is 3.91. The molecule has 0 fully saturated rings. The van der Waals surface area contributed by atoms with Crippen LogP contribution in [0.4, 0.5) is 5.69 Å². The molecule has 13 heteroatoms. The van der Waals surface area contributed by atoms with Gasteiger partial charge >= 0.3 is 13.6 Å². The van der Waals surface area contributed by atoms with Gasteiger partial charge in [-0.2, -0.15) is 0 Å². The summed E-state index contributed by atoms with van der Waals surface area (Å²) in [4.78, 5) is 12.7. The van der Waals surface area contributed by atoms with Crippen LogP contribution in [0.1, 0.15) is 41.9 Å². The van der Waals surface area contributed by atoms with Gasteiger partial charge in [-0.3, -0.25) is 9.36 Å². The van der Waals surface area contributed by atoms with Gasteiger partial charge in [-0.1, -0.05) is 58.4 Å². The van der Waals surface area contributed by atoms with Crippen molar-refractivity contribution in [3.8, 4) is 28.7 Å². The van der Waals surface area contributed by atoms with Gasteiger partial charge in [0.15, 0.2) is 28.8 Å². The van der Waals surface area contributed by atoms with E-state index in [1.807, 2.05) is 91.0 Å². The molecule has 0 saturated heterocycles. The molecule has 0 aliphatic carbocycles. The van der Waals surface area contributed by atoms with Crippen molar-refractivity contribution in [2.24, 2.45) is 0 Å². The van der Waals surface area contributed by atoms with Crippen molar-refractivity contribution in [2.45, 2.75) is 26.1 Å². The Hall–Kier alpha value is -4.48. The van der Waals surface area contributed by atoms with E-state index in [2.05, 4.69) is 21.2 Å². The SMILES string of the molecule is CCOP(=O)(OCC)C(Nc1ccc(CC(=O)OCCOc2cc(/C=C\c3cc(OC)c(OC)c(OC)c3)ccc2OC)cc1)c1ccc(Br)cc1. The van der Waals surface area contributed by atoms with E-state index in [-0.39, 0.29) is 32.8 Å². The van der Waals surface area contributed by atoms with Gasteiger partial charge in [-0.15, -0.1) is 0 Å². The molecule has 1 unspecified atom stereocenters. The van der Waals surface area contributed by atoms with Crippen LogP contribution < -0.4 is 29.0 Å². The smallest absolute Gasteiger partial charge is 0.357 e. The monoisotopic (exact) mass is 797 g/mol. The maximum atomic E-state index is 13.8. The lowest BCUT2D eigenvalue weighted by molar-refractivity contribution is -0.143. The Labute approximate surface area is 313 Å². The highest BCUT2D eigenvalue weighted by Crippen LogP contribution is 2.60. The highest BCUT2D eigenvalue weighted by Gasteiger charge is 2.37. The molecule has 1 atom stereocenters. The first-order chi connectivity index (χ1) is 25.2. The topological polar surface area (TPSA) is 120 Å². The van der Waals surface area contributed by atoms with Crippen molar-refractivity contribution < 1.29 is 46.8 Å². The number of halogens is 1. The van der Waals surface area contributed by atoms with Gasteiger partial charge in [-0.05, 0) is 84.6 Å². The summed E-state index contributed by atoms with van der Waals surface area (Å²) in [6.45, 7) is 4.19. The summed E-state index contributed by atoms with van der Waals surface area (Å²) >= 11 is 3.45. The molecule has 0 aliphatic rings. The summed E-state index contributed by atoms with van der Waals surface area (Å²) < 4.78 is 59.2. The zero-order valence-corrected chi connectivity index (χ0v) is 32.7. The molecule has 52 heavy (non-hydrogen) atoms. The van der Waals surface area contributed by atoms with Crippen LogP contribution in [-0.2, 0) is 29.6 Å². The number of nitrogens with one attached hydrogen (secondary N) is 1. The van der Waals surface area contributed by atoms with Crippen LogP contribution in [0, 0.1) is 0 Å². The number of esters is 1. The molecule has 4 aromatic carbocycles. The molecule has 0 spiro atoms. The van der Waals surface area contributed by atoms with E-state index in [4.69, 9.17) is 37.5 Å². The molecule has 0 aromatic heterocycles. The first-order valence-corrected chi connectivity index (χ1v) is 19.0. The standard InChI is InChI=1S/C39H45BrNO10P/c1-7-50-52(43,51-8-2)39(30-14-16-31(40)17-15-30)41-32-18-11-28(12-19-32)26-37(42)49-22-21-48-34-23-27(13-20-33(34)44-3)9-10-29-24-35(45-4)38(47-6)36(25-29)46-5/h9-20,23-25,39,41H,7-8,21-22,26H2,1-6H3/b10-9-. The van der Waals surface area contributed by atoms with Crippen molar-refractivity contribution >= 4 is 47.3 Å². The zero-order valence-electron chi connectivity index (χ0n) is 30.2. The fourth-order valence-electron chi connectivity index (χ4n) is 5.24. The molecule has 4 rings (SSSR count). The Balaban J connectivity index is 1.33. The number of hydrogen-bond acceptors (Lipinski definition) is 11. The van der Waals surface area contributed by atoms with Crippen molar-refractivity contribution in [3.63, 3.8) is 0 Å². The number of methoxy groups -OCH3 is 4. The Morgan fingerprint density at radius 3 is 1.90 bits per heavy atom. The predicted octanol–water partition coefficient (Wildman–Crippen LogP) is 9.20. The third kappa shape index (κ3) is 11.0. The number of carbonyl (C=O) groups excluding carboxylic acids is 1. The van der Waals surface area contributed by atoms with Crippen LogP contribution in [0.2, 0.25) is 0 Å². The average Bonchev–Trinajstić information content (AvgIpc) is 3.15. The molecule has 0 amide bonds. The third-order valence-corrected chi connectivity index (χ3v) is 10.5. The number of anilines is 1. The van der Waals surface area contributed by atoms with Crippen LogP contribution in [0.5, 0.6) is 28.7 Å². The molecule has 0 aliphatic heterocycles. The molecule has 278 valence electrons. The van der Waals surface area contributed by atoms with E-state index in [0.717, 1.165) is 26.7 Å². The molecule has 0 saturated carbocycles. The lowest BCUT2D eigenvalue weighted by atomic mass is 10.1. The number of benzene rings is 4. The van der Waals surface area contributed by atoms with Crippen molar-refractivity contribution in [2.75, 3.05) is 60.2 Å². The van der Waals surface area contributed by atoms with Crippen LogP contribution in [-0.4, -0.2) is 60.8 Å². The Kier molecular flexibility index (Phi) is 15.5. The van der Waals surface area contributed by atoms with E-state index >= 15 is 0 Å². The molecule has 0 bridgehead atoms. The van der Waals surface area contributed by atoms with Gasteiger partial charge in [0.1, 0.15) is 13.2 Å². The minimum atomic E-state index is -3.57. The quantitative estimate of drug-likeness (QED) is 0.0399. The summed E-state index contributed by atoms with van der Waals surface area (Å²) in [7, 11) is 2.69. The maximum Gasteiger partial charge on any atom is 0.357 e. The Bertz CT molecular complexity index is 1800. The van der Waals surface area contributed by atoms with Gasteiger partial charge in [0.05, 0.1) is 48.1 Å². The zero-order chi connectivity index (χ0) is 37.5. The maximum absolute atomic E-state index is 13.8. The first-order valence-electron chi connectivity index (χ1n) is 16.6.